The van der Waals surface area contributed by atoms with Crippen LogP contribution < -0.4 is 0 Å². The summed E-state index contributed by atoms with van der Waals surface area (Å²) in [6, 6.07) is 9.88. The maximum atomic E-state index is 12.3. The quantitative estimate of drug-likeness (QED) is 0.615. The summed E-state index contributed by atoms with van der Waals surface area (Å²) in [6.07, 6.45) is 0.546. The average Bonchev–Trinajstić information content (AvgIpc) is 2.68. The first-order chi connectivity index (χ1) is 9.13. The molecule has 1 saturated heterocycles. The second-order valence-electron chi connectivity index (χ2n) is 4.84. The Morgan fingerprint density at radius 3 is 2.68 bits per heavy atom. The molecule has 0 saturated carbocycles. The molecule has 0 aromatic heterocycles. The molecule has 1 fully saturated rings. The van der Waals surface area contributed by atoms with Gasteiger partial charge in [-0.25, -0.2) is 0 Å². The molecule has 1 aliphatic heterocycles. The van der Waals surface area contributed by atoms with E-state index in [1.165, 1.54) is 0 Å². The van der Waals surface area contributed by atoms with Gasteiger partial charge >= 0.3 is 5.97 Å². The molecule has 2 atom stereocenters. The predicted molar refractivity (Wildman–Crippen MR) is 71.2 cm³/mol. The zero-order valence-electron chi connectivity index (χ0n) is 11.3. The van der Waals surface area contributed by atoms with E-state index >= 15 is 0 Å². The Labute approximate surface area is 113 Å². The van der Waals surface area contributed by atoms with E-state index in [4.69, 9.17) is 4.74 Å². The highest BCUT2D eigenvalue weighted by Gasteiger charge is 2.42. The second kappa shape index (κ2) is 5.87. The highest BCUT2D eigenvalue weighted by atomic mass is 16.5. The second-order valence-corrected chi connectivity index (χ2v) is 4.84. The van der Waals surface area contributed by atoms with E-state index < -0.39 is 11.9 Å². The van der Waals surface area contributed by atoms with Crippen molar-refractivity contribution in [3.8, 4) is 0 Å². The largest absolute Gasteiger partial charge is 0.465 e. The van der Waals surface area contributed by atoms with E-state index in [0.717, 1.165) is 5.56 Å². The zero-order chi connectivity index (χ0) is 13.8. The minimum Gasteiger partial charge on any atom is -0.465 e. The van der Waals surface area contributed by atoms with Crippen molar-refractivity contribution in [1.29, 1.82) is 0 Å². The number of likely N-dealkylation sites (tertiary alicyclic amines) is 1. The number of esters is 1. The molecule has 1 amide bonds. The van der Waals surface area contributed by atoms with E-state index in [2.05, 4.69) is 0 Å². The van der Waals surface area contributed by atoms with Crippen molar-refractivity contribution in [3.63, 3.8) is 0 Å². The lowest BCUT2D eigenvalue weighted by atomic mass is 10.1. The lowest BCUT2D eigenvalue weighted by molar-refractivity contribution is -0.152. The van der Waals surface area contributed by atoms with Gasteiger partial charge in [0.2, 0.25) is 5.91 Å². The number of rotatable bonds is 4. The maximum Gasteiger partial charge on any atom is 0.318 e. The molecule has 1 aromatic carbocycles. The highest BCUT2D eigenvalue weighted by molar-refractivity contribution is 5.99. The molecule has 0 N–H and O–H groups in total. The van der Waals surface area contributed by atoms with Crippen molar-refractivity contribution in [3.05, 3.63) is 35.9 Å². The maximum absolute atomic E-state index is 12.3. The van der Waals surface area contributed by atoms with Crippen LogP contribution in [0.3, 0.4) is 0 Å². The van der Waals surface area contributed by atoms with Crippen molar-refractivity contribution in [2.24, 2.45) is 5.92 Å². The predicted octanol–water partition coefficient (Wildman–Crippen LogP) is 1.99. The fourth-order valence-electron chi connectivity index (χ4n) is 2.44. The SMILES string of the molecule is CCOC(=O)C1CC(C)N(Cc2ccccc2)C1=O. The summed E-state index contributed by atoms with van der Waals surface area (Å²) in [7, 11) is 0. The molecular formula is C15H19NO3. The van der Waals surface area contributed by atoms with Crippen molar-refractivity contribution in [2.45, 2.75) is 32.9 Å². The van der Waals surface area contributed by atoms with Crippen LogP contribution in [0.2, 0.25) is 0 Å². The number of hydrogen-bond acceptors (Lipinski definition) is 3. The number of hydrogen-bond donors (Lipinski definition) is 0. The molecule has 2 unspecified atom stereocenters. The third-order valence-corrected chi connectivity index (χ3v) is 3.46. The summed E-state index contributed by atoms with van der Waals surface area (Å²) >= 11 is 0. The minimum atomic E-state index is -0.626. The molecule has 0 radical (unpaired) electrons. The van der Waals surface area contributed by atoms with E-state index in [1.54, 1.807) is 11.8 Å². The van der Waals surface area contributed by atoms with Gasteiger partial charge in [0.25, 0.3) is 0 Å². The number of carbonyl (C=O) groups excluding carboxylic acids is 2. The van der Waals surface area contributed by atoms with Crippen LogP contribution in [0.1, 0.15) is 25.8 Å². The Hall–Kier alpha value is -1.84. The summed E-state index contributed by atoms with van der Waals surface area (Å²) in [5.74, 6) is -1.14. The fourth-order valence-corrected chi connectivity index (χ4v) is 2.44. The monoisotopic (exact) mass is 261 g/mol. The highest BCUT2D eigenvalue weighted by Crippen LogP contribution is 2.27. The standard InChI is InChI=1S/C15H19NO3/c1-3-19-15(18)13-9-11(2)16(14(13)17)10-12-7-5-4-6-8-12/h4-8,11,13H,3,9-10H2,1-2H3. The molecule has 0 bridgehead atoms. The average molecular weight is 261 g/mol. The molecule has 1 aliphatic rings. The van der Waals surface area contributed by atoms with Crippen LogP contribution in [0.25, 0.3) is 0 Å². The lowest BCUT2D eigenvalue weighted by Crippen LogP contribution is -2.33. The van der Waals surface area contributed by atoms with Gasteiger partial charge in [-0.05, 0) is 25.8 Å². The molecule has 102 valence electrons. The number of nitrogens with zero attached hydrogens (tertiary/aromatic N) is 1. The smallest absolute Gasteiger partial charge is 0.318 e. The molecular weight excluding hydrogens is 242 g/mol. The first-order valence-corrected chi connectivity index (χ1v) is 6.64. The van der Waals surface area contributed by atoms with E-state index in [9.17, 15) is 9.59 Å². The van der Waals surface area contributed by atoms with Gasteiger partial charge in [0.05, 0.1) is 6.61 Å². The zero-order valence-corrected chi connectivity index (χ0v) is 11.3. The Kier molecular flexibility index (Phi) is 4.20. The third kappa shape index (κ3) is 2.95. The normalized spacial score (nSPS) is 22.6. The third-order valence-electron chi connectivity index (χ3n) is 3.46. The number of benzene rings is 1. The summed E-state index contributed by atoms with van der Waals surface area (Å²) in [6.45, 7) is 4.59. The van der Waals surface area contributed by atoms with Crippen LogP contribution in [0.5, 0.6) is 0 Å². The lowest BCUT2D eigenvalue weighted by Gasteiger charge is -2.21. The number of amides is 1. The van der Waals surface area contributed by atoms with Gasteiger partial charge in [-0.2, -0.15) is 0 Å². The van der Waals surface area contributed by atoms with Gasteiger partial charge in [0.15, 0.2) is 0 Å². The van der Waals surface area contributed by atoms with Gasteiger partial charge in [-0.15, -0.1) is 0 Å². The molecule has 0 aliphatic carbocycles. The van der Waals surface area contributed by atoms with Crippen LogP contribution in [0, 0.1) is 5.92 Å². The van der Waals surface area contributed by atoms with Crippen LogP contribution in [-0.4, -0.2) is 29.4 Å². The number of carbonyl (C=O) groups is 2. The Balaban J connectivity index is 2.06. The number of ether oxygens (including phenoxy) is 1. The van der Waals surface area contributed by atoms with Gasteiger partial charge in [-0.1, -0.05) is 30.3 Å². The molecule has 4 nitrogen and oxygen atoms in total. The van der Waals surface area contributed by atoms with Gasteiger partial charge in [-0.3, -0.25) is 9.59 Å². The van der Waals surface area contributed by atoms with Crippen molar-refractivity contribution in [1.82, 2.24) is 4.90 Å². The van der Waals surface area contributed by atoms with Crippen LogP contribution >= 0.6 is 0 Å². The van der Waals surface area contributed by atoms with E-state index in [0.29, 0.717) is 19.6 Å². The van der Waals surface area contributed by atoms with E-state index in [-0.39, 0.29) is 11.9 Å². The van der Waals surface area contributed by atoms with Gasteiger partial charge < -0.3 is 9.64 Å². The summed E-state index contributed by atoms with van der Waals surface area (Å²) < 4.78 is 4.96. The summed E-state index contributed by atoms with van der Waals surface area (Å²) in [5.41, 5.74) is 1.08. The first-order valence-electron chi connectivity index (χ1n) is 6.64. The van der Waals surface area contributed by atoms with Crippen molar-refractivity contribution < 1.29 is 14.3 Å². The van der Waals surface area contributed by atoms with Crippen LogP contribution in [-0.2, 0) is 20.9 Å². The Morgan fingerprint density at radius 2 is 2.05 bits per heavy atom. The molecule has 4 heteroatoms. The molecule has 1 aromatic rings. The minimum absolute atomic E-state index is 0.0714. The van der Waals surface area contributed by atoms with Crippen LogP contribution in [0.4, 0.5) is 0 Å². The van der Waals surface area contributed by atoms with Crippen molar-refractivity contribution >= 4 is 11.9 Å². The first kappa shape index (κ1) is 13.6. The molecule has 1 heterocycles. The molecule has 19 heavy (non-hydrogen) atoms. The molecule has 0 spiro atoms. The van der Waals surface area contributed by atoms with Crippen molar-refractivity contribution in [2.75, 3.05) is 6.61 Å². The van der Waals surface area contributed by atoms with Gasteiger partial charge in [0.1, 0.15) is 5.92 Å². The van der Waals surface area contributed by atoms with Crippen LogP contribution in [0.15, 0.2) is 30.3 Å². The van der Waals surface area contributed by atoms with E-state index in [1.807, 2.05) is 37.3 Å². The summed E-state index contributed by atoms with van der Waals surface area (Å²) in [4.78, 5) is 25.8. The topological polar surface area (TPSA) is 46.6 Å². The Bertz CT molecular complexity index is 458. The Morgan fingerprint density at radius 1 is 1.37 bits per heavy atom. The summed E-state index contributed by atoms with van der Waals surface area (Å²) in [5, 5.41) is 0. The van der Waals surface area contributed by atoms with Gasteiger partial charge in [0, 0.05) is 12.6 Å². The molecule has 2 rings (SSSR count). The fraction of sp³-hybridized carbons (Fsp3) is 0.467.